The van der Waals surface area contributed by atoms with E-state index in [0.29, 0.717) is 25.4 Å². The molecule has 1 aliphatic heterocycles. The number of epoxide rings is 1. The molecule has 4 nitrogen and oxygen atoms in total. The van der Waals surface area contributed by atoms with E-state index in [9.17, 15) is 9.18 Å². The summed E-state index contributed by atoms with van der Waals surface area (Å²) in [4.78, 5) is 11.4. The monoisotopic (exact) mass is 294 g/mol. The van der Waals surface area contributed by atoms with Crippen LogP contribution in [0.2, 0.25) is 0 Å². The average molecular weight is 294 g/mol. The topological polar surface area (TPSA) is 48.1 Å². The van der Waals surface area contributed by atoms with Crippen LogP contribution in [0.3, 0.4) is 0 Å². The van der Waals surface area contributed by atoms with E-state index in [1.165, 1.54) is 18.2 Å². The van der Waals surface area contributed by atoms with E-state index in [1.54, 1.807) is 19.1 Å². The molecule has 1 saturated heterocycles. The van der Waals surface area contributed by atoms with Crippen LogP contribution in [0.4, 0.5) is 4.39 Å². The van der Waals surface area contributed by atoms with Gasteiger partial charge in [-0.05, 0) is 43.2 Å². The molecule has 2 atom stereocenters. The van der Waals surface area contributed by atoms with Crippen molar-refractivity contribution in [2.24, 2.45) is 0 Å². The molecule has 0 saturated carbocycles. The SMILES string of the molecule is CCOC(=O)/C=C/c1ccc(F)cc1[C@@H](C)OC[C@H]1CO1. The molecule has 5 heteroatoms. The number of carbonyl (C=O) groups is 1. The summed E-state index contributed by atoms with van der Waals surface area (Å²) >= 11 is 0. The Labute approximate surface area is 123 Å². The Hall–Kier alpha value is -1.72. The predicted molar refractivity (Wildman–Crippen MR) is 76.2 cm³/mol. The second-order valence-corrected chi connectivity index (χ2v) is 4.79. The van der Waals surface area contributed by atoms with Gasteiger partial charge in [-0.1, -0.05) is 6.07 Å². The van der Waals surface area contributed by atoms with E-state index in [1.807, 2.05) is 6.92 Å². The van der Waals surface area contributed by atoms with Crippen molar-refractivity contribution in [2.45, 2.75) is 26.1 Å². The highest BCUT2D eigenvalue weighted by Gasteiger charge is 2.24. The lowest BCUT2D eigenvalue weighted by atomic mass is 10.0. The fourth-order valence-electron chi connectivity index (χ4n) is 1.90. The Bertz CT molecular complexity index is 523. The summed E-state index contributed by atoms with van der Waals surface area (Å²) in [6.45, 7) is 5.11. The standard InChI is InChI=1S/C16H19FO4/c1-3-19-16(18)7-5-12-4-6-13(17)8-15(12)11(2)20-9-14-10-21-14/h4-8,11,14H,3,9-10H2,1-2H3/b7-5+/t11-,14+/m1/s1. The third kappa shape index (κ3) is 4.95. The fraction of sp³-hybridized carbons (Fsp3) is 0.438. The molecule has 114 valence electrons. The lowest BCUT2D eigenvalue weighted by Gasteiger charge is -2.15. The number of esters is 1. The first kappa shape index (κ1) is 15.7. The first-order valence-electron chi connectivity index (χ1n) is 6.97. The summed E-state index contributed by atoms with van der Waals surface area (Å²) in [6, 6.07) is 4.39. The van der Waals surface area contributed by atoms with Gasteiger partial charge in [0.2, 0.25) is 0 Å². The zero-order chi connectivity index (χ0) is 15.2. The summed E-state index contributed by atoms with van der Waals surface area (Å²) in [6.07, 6.45) is 2.81. The van der Waals surface area contributed by atoms with E-state index in [0.717, 1.165) is 5.56 Å². The molecule has 1 aromatic carbocycles. The maximum absolute atomic E-state index is 13.4. The van der Waals surface area contributed by atoms with Gasteiger partial charge in [-0.3, -0.25) is 0 Å². The van der Waals surface area contributed by atoms with Crippen LogP contribution in [0.5, 0.6) is 0 Å². The lowest BCUT2D eigenvalue weighted by molar-refractivity contribution is -0.137. The van der Waals surface area contributed by atoms with Gasteiger partial charge in [-0.15, -0.1) is 0 Å². The molecule has 0 unspecified atom stereocenters. The molecule has 2 rings (SSSR count). The third-order valence-electron chi connectivity index (χ3n) is 3.11. The lowest BCUT2D eigenvalue weighted by Crippen LogP contribution is -2.08. The number of ether oxygens (including phenoxy) is 3. The van der Waals surface area contributed by atoms with Crippen molar-refractivity contribution in [3.8, 4) is 0 Å². The van der Waals surface area contributed by atoms with Crippen LogP contribution in [0.25, 0.3) is 6.08 Å². The summed E-state index contributed by atoms with van der Waals surface area (Å²) in [5.74, 6) is -0.760. The fourth-order valence-corrected chi connectivity index (χ4v) is 1.90. The quantitative estimate of drug-likeness (QED) is 0.441. The molecule has 0 bridgehead atoms. The molecule has 0 aliphatic carbocycles. The number of rotatable bonds is 7. The molecular weight excluding hydrogens is 275 g/mol. The normalized spacial score (nSPS) is 18.7. The van der Waals surface area contributed by atoms with Crippen molar-refractivity contribution in [1.29, 1.82) is 0 Å². The summed E-state index contributed by atoms with van der Waals surface area (Å²) < 4.78 is 29.0. The van der Waals surface area contributed by atoms with Gasteiger partial charge in [0.25, 0.3) is 0 Å². The Balaban J connectivity index is 2.09. The van der Waals surface area contributed by atoms with E-state index < -0.39 is 5.97 Å². The summed E-state index contributed by atoms with van der Waals surface area (Å²) in [5.41, 5.74) is 1.42. The minimum absolute atomic E-state index is 0.152. The van der Waals surface area contributed by atoms with Crippen LogP contribution in [0, 0.1) is 5.82 Å². The van der Waals surface area contributed by atoms with Crippen LogP contribution in [-0.2, 0) is 19.0 Å². The van der Waals surface area contributed by atoms with Crippen LogP contribution in [0.1, 0.15) is 31.1 Å². The van der Waals surface area contributed by atoms with Gasteiger partial charge in [0.1, 0.15) is 11.9 Å². The third-order valence-corrected chi connectivity index (χ3v) is 3.11. The van der Waals surface area contributed by atoms with Gasteiger partial charge in [-0.2, -0.15) is 0 Å². The average Bonchev–Trinajstić information content (AvgIpc) is 3.28. The molecule has 0 aromatic heterocycles. The van der Waals surface area contributed by atoms with E-state index in [2.05, 4.69) is 0 Å². The van der Waals surface area contributed by atoms with E-state index in [4.69, 9.17) is 14.2 Å². The van der Waals surface area contributed by atoms with Gasteiger partial charge in [0.05, 0.1) is 25.9 Å². The van der Waals surface area contributed by atoms with Gasteiger partial charge in [0.15, 0.2) is 0 Å². The number of carbonyl (C=O) groups excluding carboxylic acids is 1. The summed E-state index contributed by atoms with van der Waals surface area (Å²) in [5, 5.41) is 0. The van der Waals surface area contributed by atoms with Crippen molar-refractivity contribution in [3.05, 3.63) is 41.2 Å². The van der Waals surface area contributed by atoms with Gasteiger partial charge >= 0.3 is 5.97 Å². The highest BCUT2D eigenvalue weighted by atomic mass is 19.1. The minimum Gasteiger partial charge on any atom is -0.463 e. The van der Waals surface area contributed by atoms with Crippen LogP contribution in [0.15, 0.2) is 24.3 Å². The van der Waals surface area contributed by atoms with Crippen LogP contribution in [-0.4, -0.2) is 31.9 Å². The molecule has 0 amide bonds. The van der Waals surface area contributed by atoms with Crippen LogP contribution >= 0.6 is 0 Å². The molecular formula is C16H19FO4. The van der Waals surface area contributed by atoms with Crippen molar-refractivity contribution in [2.75, 3.05) is 19.8 Å². The highest BCUT2D eigenvalue weighted by Crippen LogP contribution is 2.25. The smallest absolute Gasteiger partial charge is 0.330 e. The van der Waals surface area contributed by atoms with Crippen molar-refractivity contribution in [3.63, 3.8) is 0 Å². The molecule has 1 fully saturated rings. The van der Waals surface area contributed by atoms with E-state index in [-0.39, 0.29) is 18.0 Å². The number of halogens is 1. The molecule has 0 radical (unpaired) electrons. The van der Waals surface area contributed by atoms with Gasteiger partial charge < -0.3 is 14.2 Å². The minimum atomic E-state index is -0.423. The predicted octanol–water partition coefficient (Wildman–Crippen LogP) is 2.88. The van der Waals surface area contributed by atoms with E-state index >= 15 is 0 Å². The Kier molecular flexibility index (Phi) is 5.47. The summed E-state index contributed by atoms with van der Waals surface area (Å²) in [7, 11) is 0. The molecule has 0 N–H and O–H groups in total. The molecule has 0 spiro atoms. The van der Waals surface area contributed by atoms with Gasteiger partial charge in [-0.25, -0.2) is 9.18 Å². The number of hydrogen-bond donors (Lipinski definition) is 0. The van der Waals surface area contributed by atoms with Crippen molar-refractivity contribution in [1.82, 2.24) is 0 Å². The van der Waals surface area contributed by atoms with Crippen LogP contribution < -0.4 is 0 Å². The molecule has 1 aromatic rings. The maximum Gasteiger partial charge on any atom is 0.330 e. The zero-order valence-electron chi connectivity index (χ0n) is 12.2. The zero-order valence-corrected chi connectivity index (χ0v) is 12.2. The Morgan fingerprint density at radius 2 is 2.33 bits per heavy atom. The maximum atomic E-state index is 13.4. The second kappa shape index (κ2) is 7.33. The van der Waals surface area contributed by atoms with Crippen molar-refractivity contribution >= 4 is 12.0 Å². The number of benzene rings is 1. The number of hydrogen-bond acceptors (Lipinski definition) is 4. The highest BCUT2D eigenvalue weighted by molar-refractivity contribution is 5.87. The van der Waals surface area contributed by atoms with Gasteiger partial charge in [0, 0.05) is 6.08 Å². The Morgan fingerprint density at radius 1 is 1.57 bits per heavy atom. The first-order valence-corrected chi connectivity index (χ1v) is 6.97. The molecule has 1 heterocycles. The molecule has 21 heavy (non-hydrogen) atoms. The van der Waals surface area contributed by atoms with Crippen molar-refractivity contribution < 1.29 is 23.4 Å². The Morgan fingerprint density at radius 3 is 3.00 bits per heavy atom. The largest absolute Gasteiger partial charge is 0.463 e. The second-order valence-electron chi connectivity index (χ2n) is 4.79. The molecule has 1 aliphatic rings. The first-order chi connectivity index (χ1) is 10.1.